The molecule has 25 atom stereocenters. The van der Waals surface area contributed by atoms with Gasteiger partial charge in [0, 0.05) is 0 Å². The molecule has 0 amide bonds. The fourth-order valence-electron chi connectivity index (χ4n) is 6.93. The molecule has 5 saturated heterocycles. The zero-order valence-corrected chi connectivity index (χ0v) is 29.2. The van der Waals surface area contributed by atoms with Gasteiger partial charge in [0.1, 0.15) is 122 Å². The first kappa shape index (κ1) is 46.0. The highest BCUT2D eigenvalue weighted by molar-refractivity contribution is 4.98. The maximum absolute atomic E-state index is 11.1. The minimum atomic E-state index is -2.12. The van der Waals surface area contributed by atoms with Crippen molar-refractivity contribution in [2.75, 3.05) is 33.0 Å². The lowest BCUT2D eigenvalue weighted by molar-refractivity contribution is -0.388. The Hall–Kier alpha value is -1.04. The van der Waals surface area contributed by atoms with Gasteiger partial charge < -0.3 is 129 Å². The highest BCUT2D eigenvalue weighted by atomic mass is 16.8. The van der Waals surface area contributed by atoms with E-state index in [2.05, 4.69) is 0 Å². The molecular formula is C30H52O26. The van der Waals surface area contributed by atoms with Gasteiger partial charge in [-0.25, -0.2) is 0 Å². The van der Waals surface area contributed by atoms with Gasteiger partial charge in [0.15, 0.2) is 31.5 Å². The van der Waals surface area contributed by atoms with Crippen LogP contribution in [0.4, 0.5) is 0 Å². The van der Waals surface area contributed by atoms with Gasteiger partial charge in [0.2, 0.25) is 0 Å². The van der Waals surface area contributed by atoms with E-state index in [4.69, 9.17) is 42.6 Å². The molecule has 56 heavy (non-hydrogen) atoms. The van der Waals surface area contributed by atoms with Crippen LogP contribution in [0, 0.1) is 0 Å². The second-order valence-corrected chi connectivity index (χ2v) is 14.0. The average Bonchev–Trinajstić information content (AvgIpc) is 3.19. The van der Waals surface area contributed by atoms with E-state index in [1.54, 1.807) is 0 Å². The van der Waals surface area contributed by atoms with Crippen molar-refractivity contribution in [2.24, 2.45) is 0 Å². The van der Waals surface area contributed by atoms with Crippen molar-refractivity contribution in [3.63, 3.8) is 0 Å². The molecule has 0 unspecified atom stereocenters. The van der Waals surface area contributed by atoms with Crippen LogP contribution in [-0.4, -0.2) is 273 Å². The minimum absolute atomic E-state index is 0.725. The summed E-state index contributed by atoms with van der Waals surface area (Å²) >= 11 is 0. The van der Waals surface area contributed by atoms with Crippen LogP contribution in [-0.2, 0) is 42.6 Å². The van der Waals surface area contributed by atoms with Crippen LogP contribution >= 0.6 is 0 Å². The molecule has 5 rings (SSSR count). The smallest absolute Gasteiger partial charge is 0.187 e. The number of aliphatic hydroxyl groups excluding tert-OH is 17. The second-order valence-electron chi connectivity index (χ2n) is 14.0. The molecule has 5 heterocycles. The molecule has 0 spiro atoms. The third-order valence-electron chi connectivity index (χ3n) is 10.3. The minimum Gasteiger partial charge on any atom is -0.394 e. The van der Waals surface area contributed by atoms with Crippen molar-refractivity contribution in [1.82, 2.24) is 0 Å². The van der Waals surface area contributed by atoms with Crippen LogP contribution in [0.5, 0.6) is 0 Å². The number of aliphatic hydroxyl groups is 17. The Morgan fingerprint density at radius 1 is 0.304 bits per heavy atom. The predicted molar refractivity (Wildman–Crippen MR) is 167 cm³/mol. The second kappa shape index (κ2) is 19.6. The monoisotopic (exact) mass is 828 g/mol. The Kier molecular flexibility index (Phi) is 16.1. The van der Waals surface area contributed by atoms with Crippen molar-refractivity contribution in [3.8, 4) is 0 Å². The number of hydrogen-bond acceptors (Lipinski definition) is 26. The topological polar surface area (TPSA) is 427 Å². The summed E-state index contributed by atoms with van der Waals surface area (Å²) in [5.74, 6) is 0. The Bertz CT molecular complexity index is 1200. The fourth-order valence-corrected chi connectivity index (χ4v) is 6.93. The summed E-state index contributed by atoms with van der Waals surface area (Å²) in [5.41, 5.74) is 0. The van der Waals surface area contributed by atoms with Crippen molar-refractivity contribution in [3.05, 3.63) is 0 Å². The Morgan fingerprint density at radius 2 is 0.625 bits per heavy atom. The Morgan fingerprint density at radius 3 is 1.05 bits per heavy atom. The highest BCUT2D eigenvalue weighted by Gasteiger charge is 2.55. The van der Waals surface area contributed by atoms with Crippen LogP contribution in [0.15, 0.2) is 0 Å². The first-order valence-corrected chi connectivity index (χ1v) is 17.6. The number of ether oxygens (including phenoxy) is 9. The molecule has 26 heteroatoms. The van der Waals surface area contributed by atoms with Gasteiger partial charge in [0.25, 0.3) is 0 Å². The summed E-state index contributed by atoms with van der Waals surface area (Å²) in [6.45, 7) is -4.26. The van der Waals surface area contributed by atoms with E-state index in [-0.39, 0.29) is 0 Å². The van der Waals surface area contributed by atoms with E-state index >= 15 is 0 Å². The largest absolute Gasteiger partial charge is 0.394 e. The SMILES string of the molecule is OC[C@H]1O[C@H](OC[C@H]2O[C@H](O[C@H]3[C@H](O)[C@@H](O)[C@@H](O[C@H]4[C@H](O)[C@@H](O)[C@@H](O[C@H]5[C@H](O)[C@@H](O)[C@@H](O)O[C@@H]5CO)O[C@@H]4CO)O[C@@H]3CO)[C@H](O)[C@@H](O)[C@@H]2O)[C@H](O)[C@@H](O)[C@@H]1O. The van der Waals surface area contributed by atoms with Gasteiger partial charge in [0.05, 0.1) is 33.0 Å². The van der Waals surface area contributed by atoms with Gasteiger partial charge in [-0.3, -0.25) is 0 Å². The van der Waals surface area contributed by atoms with E-state index in [0.717, 1.165) is 0 Å². The van der Waals surface area contributed by atoms with Gasteiger partial charge >= 0.3 is 0 Å². The highest BCUT2D eigenvalue weighted by Crippen LogP contribution is 2.34. The van der Waals surface area contributed by atoms with Crippen LogP contribution in [0.25, 0.3) is 0 Å². The van der Waals surface area contributed by atoms with E-state index < -0.39 is 187 Å². The van der Waals surface area contributed by atoms with Gasteiger partial charge in [-0.05, 0) is 0 Å². The third-order valence-corrected chi connectivity index (χ3v) is 10.3. The molecular weight excluding hydrogens is 776 g/mol. The van der Waals surface area contributed by atoms with Gasteiger partial charge in [-0.15, -0.1) is 0 Å². The number of hydrogen-bond donors (Lipinski definition) is 17. The van der Waals surface area contributed by atoms with Crippen LogP contribution in [0.3, 0.4) is 0 Å². The Balaban J connectivity index is 1.22. The first-order valence-electron chi connectivity index (χ1n) is 17.6. The van der Waals surface area contributed by atoms with Crippen molar-refractivity contribution < 1.29 is 129 Å². The average molecular weight is 829 g/mol. The zero-order valence-electron chi connectivity index (χ0n) is 29.2. The number of rotatable bonds is 13. The summed E-state index contributed by atoms with van der Waals surface area (Å²) in [6.07, 6.45) is -45.5. The standard InChI is InChI=1S/C30H52O26/c31-1-6-11(35)13(37)19(43)27(50-6)48-5-10-12(36)14(38)20(44)28(53-10)55-24-8(3-33)52-30(22(46)16(24)40)56-25-9(4-34)51-29(21(45)17(25)41)54-23-7(2-32)49-26(47)18(42)15(23)39/h6-47H,1-5H2/t6-,7-,8-,9-,10-,11-,12-,13+,14+,15-,16-,17-,18-,19-,20-,21-,22-,23-,24-,25-,26+,27+,28-,29-,30-/m1/s1. The fraction of sp³-hybridized carbons (Fsp3) is 1.00. The molecule has 17 N–H and O–H groups in total. The molecule has 0 bridgehead atoms. The predicted octanol–water partition coefficient (Wildman–Crippen LogP) is -11.9. The molecule has 0 radical (unpaired) electrons. The zero-order chi connectivity index (χ0) is 41.3. The van der Waals surface area contributed by atoms with Crippen LogP contribution in [0.2, 0.25) is 0 Å². The van der Waals surface area contributed by atoms with E-state index in [1.807, 2.05) is 0 Å². The first-order chi connectivity index (χ1) is 26.5. The Labute approximate surface area is 316 Å². The van der Waals surface area contributed by atoms with Gasteiger partial charge in [-0.2, -0.15) is 0 Å². The molecule has 5 fully saturated rings. The molecule has 5 aliphatic rings. The van der Waals surface area contributed by atoms with Crippen molar-refractivity contribution >= 4 is 0 Å². The summed E-state index contributed by atoms with van der Waals surface area (Å²) < 4.78 is 48.9. The van der Waals surface area contributed by atoms with Crippen molar-refractivity contribution in [1.29, 1.82) is 0 Å². The molecule has 328 valence electrons. The summed E-state index contributed by atoms with van der Waals surface area (Å²) in [6, 6.07) is 0. The summed E-state index contributed by atoms with van der Waals surface area (Å²) in [7, 11) is 0. The molecule has 0 aromatic rings. The molecule has 0 aromatic carbocycles. The lowest BCUT2D eigenvalue weighted by Gasteiger charge is -2.49. The summed E-state index contributed by atoms with van der Waals surface area (Å²) in [4.78, 5) is 0. The maximum atomic E-state index is 11.1. The van der Waals surface area contributed by atoms with Crippen LogP contribution < -0.4 is 0 Å². The molecule has 26 nitrogen and oxygen atoms in total. The third kappa shape index (κ3) is 9.31. The molecule has 0 aliphatic carbocycles. The molecule has 5 aliphatic heterocycles. The quantitative estimate of drug-likeness (QED) is 0.0819. The normalized spacial score (nSPS) is 53.2. The maximum Gasteiger partial charge on any atom is 0.187 e. The van der Waals surface area contributed by atoms with E-state index in [0.29, 0.717) is 0 Å². The lowest BCUT2D eigenvalue weighted by Crippen LogP contribution is -2.67. The summed E-state index contributed by atoms with van der Waals surface area (Å²) in [5, 5.41) is 175. The lowest BCUT2D eigenvalue weighted by atomic mass is 9.95. The van der Waals surface area contributed by atoms with Crippen molar-refractivity contribution in [2.45, 2.75) is 154 Å². The molecule has 0 aromatic heterocycles. The van der Waals surface area contributed by atoms with Crippen LogP contribution in [0.1, 0.15) is 0 Å². The van der Waals surface area contributed by atoms with Gasteiger partial charge in [-0.1, -0.05) is 0 Å². The van der Waals surface area contributed by atoms with E-state index in [9.17, 15) is 86.8 Å². The molecule has 0 saturated carbocycles. The van der Waals surface area contributed by atoms with E-state index in [1.165, 1.54) is 0 Å².